The zero-order chi connectivity index (χ0) is 8.53. The summed E-state index contributed by atoms with van der Waals surface area (Å²) in [4.78, 5) is 2.67. The van der Waals surface area contributed by atoms with Gasteiger partial charge >= 0.3 is 0 Å². The van der Waals surface area contributed by atoms with Crippen LogP contribution in [0.25, 0.3) is 10.4 Å². The average molecular weight is 150 g/mol. The van der Waals surface area contributed by atoms with E-state index < -0.39 is 0 Å². The van der Waals surface area contributed by atoms with Crippen LogP contribution in [0.2, 0.25) is 0 Å². The molecule has 0 amide bonds. The van der Waals surface area contributed by atoms with Gasteiger partial charge in [0.25, 0.3) is 0 Å². The number of rotatable bonds is 4. The lowest BCUT2D eigenvalue weighted by Gasteiger charge is -1.99. The van der Waals surface area contributed by atoms with Gasteiger partial charge in [-0.05, 0) is 12.0 Å². The molecule has 0 rings (SSSR count). The Morgan fingerprint density at radius 1 is 1.82 bits per heavy atom. The molecule has 0 aliphatic heterocycles. The van der Waals surface area contributed by atoms with E-state index in [1.54, 1.807) is 6.08 Å². The molecule has 0 spiro atoms. The van der Waals surface area contributed by atoms with Crippen molar-refractivity contribution in [3.8, 4) is 6.07 Å². The van der Waals surface area contributed by atoms with Gasteiger partial charge in [-0.1, -0.05) is 24.5 Å². The van der Waals surface area contributed by atoms with Crippen LogP contribution in [0.1, 0.15) is 19.8 Å². The molecule has 11 heavy (non-hydrogen) atoms. The first-order valence-corrected chi connectivity index (χ1v) is 3.45. The molecular weight excluding hydrogens is 140 g/mol. The molecular formula is C7H10N4. The molecule has 0 heterocycles. The monoisotopic (exact) mass is 150 g/mol. The van der Waals surface area contributed by atoms with Gasteiger partial charge in [0.1, 0.15) is 0 Å². The van der Waals surface area contributed by atoms with Crippen LogP contribution in [0.15, 0.2) is 17.3 Å². The van der Waals surface area contributed by atoms with E-state index in [1.165, 1.54) is 6.08 Å². The highest BCUT2D eigenvalue weighted by molar-refractivity contribution is 5.06. The molecule has 0 aromatic rings. The Morgan fingerprint density at radius 2 is 2.55 bits per heavy atom. The molecule has 4 heteroatoms. The molecule has 1 atom stereocenters. The van der Waals surface area contributed by atoms with E-state index in [0.717, 1.165) is 12.8 Å². The van der Waals surface area contributed by atoms with E-state index in [4.69, 9.17) is 10.8 Å². The van der Waals surface area contributed by atoms with Crippen LogP contribution in [-0.2, 0) is 0 Å². The quantitative estimate of drug-likeness (QED) is 0.262. The number of nitriles is 1. The predicted molar refractivity (Wildman–Crippen MR) is 42.6 cm³/mol. The Balaban J connectivity index is 4.00. The summed E-state index contributed by atoms with van der Waals surface area (Å²) in [6.07, 6.45) is 4.69. The summed E-state index contributed by atoms with van der Waals surface area (Å²) in [5, 5.41) is 11.7. The van der Waals surface area contributed by atoms with E-state index in [1.807, 2.05) is 13.0 Å². The highest BCUT2D eigenvalue weighted by atomic mass is 15.1. The Labute approximate surface area is 65.8 Å². The van der Waals surface area contributed by atoms with Crippen LogP contribution in [-0.4, -0.2) is 6.04 Å². The third kappa shape index (κ3) is 5.01. The zero-order valence-corrected chi connectivity index (χ0v) is 6.44. The van der Waals surface area contributed by atoms with Crippen molar-refractivity contribution in [1.82, 2.24) is 0 Å². The summed E-state index contributed by atoms with van der Waals surface area (Å²) in [5.74, 6) is 0. The molecule has 0 aliphatic carbocycles. The molecule has 0 aliphatic rings. The van der Waals surface area contributed by atoms with Crippen LogP contribution in [0, 0.1) is 11.3 Å². The fourth-order valence-corrected chi connectivity index (χ4v) is 0.709. The van der Waals surface area contributed by atoms with Crippen molar-refractivity contribution < 1.29 is 0 Å². The Morgan fingerprint density at radius 3 is 3.00 bits per heavy atom. The summed E-state index contributed by atoms with van der Waals surface area (Å²) in [6.45, 7) is 2.00. The Kier molecular flexibility index (Phi) is 5.77. The molecule has 1 unspecified atom stereocenters. The van der Waals surface area contributed by atoms with Gasteiger partial charge in [0.2, 0.25) is 0 Å². The average Bonchev–Trinajstić information content (AvgIpc) is 2.01. The maximum absolute atomic E-state index is 8.18. The molecule has 4 nitrogen and oxygen atoms in total. The molecule has 0 fully saturated rings. The topological polar surface area (TPSA) is 72.5 Å². The minimum Gasteiger partial charge on any atom is -0.193 e. The first kappa shape index (κ1) is 9.54. The minimum atomic E-state index is -0.162. The van der Waals surface area contributed by atoms with Crippen molar-refractivity contribution in [1.29, 1.82) is 5.26 Å². The lowest BCUT2D eigenvalue weighted by Crippen LogP contribution is -1.96. The molecule has 0 saturated carbocycles. The second kappa shape index (κ2) is 6.66. The largest absolute Gasteiger partial charge is 0.193 e. The molecule has 0 aromatic carbocycles. The summed E-state index contributed by atoms with van der Waals surface area (Å²) in [6, 6.07) is 1.69. The molecule has 0 saturated heterocycles. The highest BCUT2D eigenvalue weighted by Gasteiger charge is 1.97. The van der Waals surface area contributed by atoms with Crippen molar-refractivity contribution in [3.63, 3.8) is 0 Å². The van der Waals surface area contributed by atoms with E-state index in [9.17, 15) is 0 Å². The number of hydrogen-bond acceptors (Lipinski definition) is 2. The van der Waals surface area contributed by atoms with Gasteiger partial charge in [0.05, 0.1) is 12.1 Å². The van der Waals surface area contributed by atoms with Crippen molar-refractivity contribution in [2.75, 3.05) is 0 Å². The molecule has 0 radical (unpaired) electrons. The standard InChI is InChI=1S/C7H10N4/c1-2-4-7(10-11-9)5-3-6-8/h3,5,7H,2,4H2,1H3/b5-3-. The maximum Gasteiger partial charge on any atom is 0.0908 e. The first-order chi connectivity index (χ1) is 5.35. The van der Waals surface area contributed by atoms with Gasteiger partial charge in [0, 0.05) is 11.0 Å². The molecule has 0 N–H and O–H groups in total. The van der Waals surface area contributed by atoms with E-state index in [0.29, 0.717) is 0 Å². The number of nitrogens with zero attached hydrogens (tertiary/aromatic N) is 4. The van der Waals surface area contributed by atoms with Crippen molar-refractivity contribution in [2.24, 2.45) is 5.11 Å². The van der Waals surface area contributed by atoms with Crippen molar-refractivity contribution in [3.05, 3.63) is 22.6 Å². The SMILES string of the molecule is CCCC(/C=C\C#N)N=[N+]=[N-]. The Hall–Kier alpha value is -1.46. The van der Waals surface area contributed by atoms with E-state index in [-0.39, 0.29) is 6.04 Å². The van der Waals surface area contributed by atoms with Gasteiger partial charge < -0.3 is 0 Å². The lowest BCUT2D eigenvalue weighted by atomic mass is 10.2. The van der Waals surface area contributed by atoms with Gasteiger partial charge in [-0.3, -0.25) is 0 Å². The van der Waals surface area contributed by atoms with Gasteiger partial charge in [-0.25, -0.2) is 0 Å². The zero-order valence-electron chi connectivity index (χ0n) is 6.44. The number of allylic oxidation sites excluding steroid dienone is 1. The fraction of sp³-hybridized carbons (Fsp3) is 0.571. The van der Waals surface area contributed by atoms with Gasteiger partial charge in [-0.2, -0.15) is 5.26 Å². The van der Waals surface area contributed by atoms with Crippen LogP contribution >= 0.6 is 0 Å². The molecule has 0 bridgehead atoms. The third-order valence-corrected chi connectivity index (χ3v) is 1.18. The summed E-state index contributed by atoms with van der Waals surface area (Å²) in [7, 11) is 0. The van der Waals surface area contributed by atoms with Gasteiger partial charge in [-0.15, -0.1) is 0 Å². The van der Waals surface area contributed by atoms with E-state index >= 15 is 0 Å². The van der Waals surface area contributed by atoms with E-state index in [2.05, 4.69) is 10.0 Å². The third-order valence-electron chi connectivity index (χ3n) is 1.18. The maximum atomic E-state index is 8.18. The van der Waals surface area contributed by atoms with Gasteiger partial charge in [0.15, 0.2) is 0 Å². The second-order valence-corrected chi connectivity index (χ2v) is 2.05. The molecule has 0 aromatic heterocycles. The predicted octanol–water partition coefficient (Wildman–Crippen LogP) is 2.55. The number of hydrogen-bond donors (Lipinski definition) is 0. The Bertz CT molecular complexity index is 207. The summed E-state index contributed by atoms with van der Waals surface area (Å²) in [5.41, 5.74) is 8.10. The van der Waals surface area contributed by atoms with Crippen LogP contribution in [0.5, 0.6) is 0 Å². The van der Waals surface area contributed by atoms with Crippen LogP contribution in [0.4, 0.5) is 0 Å². The summed E-state index contributed by atoms with van der Waals surface area (Å²) < 4.78 is 0. The smallest absolute Gasteiger partial charge is 0.0908 e. The van der Waals surface area contributed by atoms with Crippen molar-refractivity contribution in [2.45, 2.75) is 25.8 Å². The van der Waals surface area contributed by atoms with Crippen molar-refractivity contribution >= 4 is 0 Å². The van der Waals surface area contributed by atoms with Crippen LogP contribution < -0.4 is 0 Å². The minimum absolute atomic E-state index is 0.162. The highest BCUT2D eigenvalue weighted by Crippen LogP contribution is 2.03. The summed E-state index contributed by atoms with van der Waals surface area (Å²) >= 11 is 0. The van der Waals surface area contributed by atoms with Crippen LogP contribution in [0.3, 0.4) is 0 Å². The first-order valence-electron chi connectivity index (χ1n) is 3.45. The normalized spacial score (nSPS) is 12.0. The lowest BCUT2D eigenvalue weighted by molar-refractivity contribution is 0.699. The second-order valence-electron chi connectivity index (χ2n) is 2.05. The fourth-order valence-electron chi connectivity index (χ4n) is 0.709. The number of azide groups is 1. The molecule has 58 valence electrons.